The van der Waals surface area contributed by atoms with Gasteiger partial charge in [0.25, 0.3) is 5.91 Å². The number of rotatable bonds is 5. The fraction of sp³-hybridized carbons (Fsp3) is 0.280. The van der Waals surface area contributed by atoms with Crippen LogP contribution in [0.3, 0.4) is 0 Å². The van der Waals surface area contributed by atoms with Gasteiger partial charge in [0.15, 0.2) is 5.17 Å². The zero-order valence-electron chi connectivity index (χ0n) is 17.9. The van der Waals surface area contributed by atoms with Gasteiger partial charge < -0.3 is 14.6 Å². The number of piperazine rings is 1. The second-order valence-corrected chi connectivity index (χ2v) is 9.09. The van der Waals surface area contributed by atoms with Crippen LogP contribution in [0.5, 0.6) is 0 Å². The van der Waals surface area contributed by atoms with Crippen molar-refractivity contribution in [3.8, 4) is 0 Å². The summed E-state index contributed by atoms with van der Waals surface area (Å²) in [5, 5.41) is 11.1. The molecule has 0 atom stereocenters. The highest BCUT2D eigenvalue weighted by molar-refractivity contribution is 8.18. The molecule has 0 bridgehead atoms. The third kappa shape index (κ3) is 4.37. The molecule has 5 rings (SSSR count). The number of β-amino-alcohol motifs (C(OH)–C–C–N with tert-alkyl or cyclic N) is 1. The SMILES string of the molecule is O=C1N=C(N2CCN(CCO)CC2)SC1=Cc1cn(Cc2ccccc2)c2ccccc12. The summed E-state index contributed by atoms with van der Waals surface area (Å²) in [6.45, 7) is 5.06. The van der Waals surface area contributed by atoms with Crippen molar-refractivity contribution in [3.63, 3.8) is 0 Å². The van der Waals surface area contributed by atoms with E-state index in [2.05, 4.69) is 62.0 Å². The number of amidine groups is 1. The maximum Gasteiger partial charge on any atom is 0.286 e. The summed E-state index contributed by atoms with van der Waals surface area (Å²) in [4.78, 5) is 22.1. The Labute approximate surface area is 191 Å². The fourth-order valence-electron chi connectivity index (χ4n) is 4.28. The molecule has 0 unspecified atom stereocenters. The van der Waals surface area contributed by atoms with Crippen LogP contribution in [0.4, 0.5) is 0 Å². The van der Waals surface area contributed by atoms with Crippen molar-refractivity contribution in [1.82, 2.24) is 14.4 Å². The summed E-state index contributed by atoms with van der Waals surface area (Å²) >= 11 is 1.47. The lowest BCUT2D eigenvalue weighted by Gasteiger charge is -2.34. The summed E-state index contributed by atoms with van der Waals surface area (Å²) in [6.07, 6.45) is 4.11. The maximum atomic E-state index is 12.7. The Morgan fingerprint density at radius 1 is 1.00 bits per heavy atom. The smallest absolute Gasteiger partial charge is 0.286 e. The first kappa shape index (κ1) is 21.0. The van der Waals surface area contributed by atoms with Gasteiger partial charge in [-0.25, -0.2) is 0 Å². The van der Waals surface area contributed by atoms with E-state index in [4.69, 9.17) is 5.11 Å². The molecule has 1 aromatic heterocycles. The minimum absolute atomic E-state index is 0.164. The first-order valence-corrected chi connectivity index (χ1v) is 11.8. The zero-order chi connectivity index (χ0) is 21.9. The molecule has 6 nitrogen and oxygen atoms in total. The molecule has 2 aromatic carbocycles. The summed E-state index contributed by atoms with van der Waals surface area (Å²) in [5.41, 5.74) is 3.43. The molecular formula is C25H26N4O2S. The number of para-hydroxylation sites is 1. The van der Waals surface area contributed by atoms with E-state index in [9.17, 15) is 4.79 Å². The number of nitrogens with zero attached hydrogens (tertiary/aromatic N) is 4. The van der Waals surface area contributed by atoms with Crippen molar-refractivity contribution in [2.45, 2.75) is 6.54 Å². The number of aliphatic imine (C=N–C) groups is 1. The van der Waals surface area contributed by atoms with Gasteiger partial charge in [0.2, 0.25) is 0 Å². The largest absolute Gasteiger partial charge is 0.395 e. The van der Waals surface area contributed by atoms with Crippen LogP contribution in [0, 0.1) is 0 Å². The summed E-state index contributed by atoms with van der Waals surface area (Å²) in [5.74, 6) is -0.164. The number of hydrogen-bond donors (Lipinski definition) is 1. The van der Waals surface area contributed by atoms with Gasteiger partial charge in [0, 0.05) is 61.9 Å². The molecule has 1 saturated heterocycles. The van der Waals surface area contributed by atoms with Crippen LogP contribution in [-0.2, 0) is 11.3 Å². The molecule has 2 aliphatic heterocycles. The van der Waals surface area contributed by atoms with Gasteiger partial charge in [-0.1, -0.05) is 48.5 Å². The fourth-order valence-corrected chi connectivity index (χ4v) is 5.24. The van der Waals surface area contributed by atoms with Gasteiger partial charge in [0.1, 0.15) is 0 Å². The van der Waals surface area contributed by atoms with Crippen LogP contribution in [0.2, 0.25) is 0 Å². The highest BCUT2D eigenvalue weighted by Crippen LogP contribution is 2.33. The quantitative estimate of drug-likeness (QED) is 0.610. The van der Waals surface area contributed by atoms with Crippen LogP contribution in [0.1, 0.15) is 11.1 Å². The highest BCUT2D eigenvalue weighted by Gasteiger charge is 2.28. The number of aliphatic hydroxyl groups is 1. The van der Waals surface area contributed by atoms with Crippen molar-refractivity contribution < 1.29 is 9.90 Å². The molecule has 1 amide bonds. The Hall–Kier alpha value is -2.87. The molecule has 1 N–H and O–H groups in total. The molecule has 1 fully saturated rings. The number of carbonyl (C=O) groups is 1. The molecule has 3 heterocycles. The zero-order valence-corrected chi connectivity index (χ0v) is 18.7. The van der Waals surface area contributed by atoms with Gasteiger partial charge in [-0.05, 0) is 29.5 Å². The average molecular weight is 447 g/mol. The van der Waals surface area contributed by atoms with Crippen molar-refractivity contribution in [2.75, 3.05) is 39.3 Å². The van der Waals surface area contributed by atoms with Crippen LogP contribution >= 0.6 is 11.8 Å². The van der Waals surface area contributed by atoms with Crippen molar-refractivity contribution >= 4 is 39.8 Å². The molecule has 2 aliphatic rings. The van der Waals surface area contributed by atoms with Crippen LogP contribution in [-0.4, -0.2) is 69.9 Å². The number of carbonyl (C=O) groups excluding carboxylic acids is 1. The first-order chi connectivity index (χ1) is 15.7. The van der Waals surface area contributed by atoms with Crippen molar-refractivity contribution in [1.29, 1.82) is 0 Å². The van der Waals surface area contributed by atoms with E-state index >= 15 is 0 Å². The minimum atomic E-state index is -0.164. The molecule has 0 spiro atoms. The average Bonchev–Trinajstić information content (AvgIpc) is 3.36. The number of fused-ring (bicyclic) bond motifs is 1. The number of aromatic nitrogens is 1. The van der Waals surface area contributed by atoms with Gasteiger partial charge in [-0.2, -0.15) is 4.99 Å². The molecule has 32 heavy (non-hydrogen) atoms. The summed E-state index contributed by atoms with van der Waals surface area (Å²) < 4.78 is 2.24. The lowest BCUT2D eigenvalue weighted by molar-refractivity contribution is -0.113. The Morgan fingerprint density at radius 3 is 2.53 bits per heavy atom. The Balaban J connectivity index is 1.36. The number of benzene rings is 2. The number of hydrogen-bond acceptors (Lipinski definition) is 5. The summed E-state index contributed by atoms with van der Waals surface area (Å²) in [7, 11) is 0. The highest BCUT2D eigenvalue weighted by atomic mass is 32.2. The predicted octanol–water partition coefficient (Wildman–Crippen LogP) is 3.27. The molecule has 0 radical (unpaired) electrons. The summed E-state index contributed by atoms with van der Waals surface area (Å²) in [6, 6.07) is 18.7. The topological polar surface area (TPSA) is 61.1 Å². The molecule has 3 aromatic rings. The standard InChI is InChI=1S/C25H26N4O2S/c30-15-14-27-10-12-28(13-11-27)25-26-24(31)23(32-25)16-20-18-29(17-19-6-2-1-3-7-19)22-9-5-4-8-21(20)22/h1-9,16,18,30H,10-15,17H2. The van der Waals surface area contributed by atoms with E-state index in [-0.39, 0.29) is 12.5 Å². The normalized spacial score (nSPS) is 18.7. The lowest BCUT2D eigenvalue weighted by Crippen LogP contribution is -2.48. The third-order valence-corrected chi connectivity index (χ3v) is 7.01. The third-order valence-electron chi connectivity index (χ3n) is 5.97. The van der Waals surface area contributed by atoms with E-state index in [0.717, 1.165) is 54.4 Å². The number of amides is 1. The van der Waals surface area contributed by atoms with E-state index in [1.165, 1.54) is 17.3 Å². The van der Waals surface area contributed by atoms with Gasteiger partial charge in [-0.15, -0.1) is 0 Å². The Morgan fingerprint density at radius 2 is 1.75 bits per heavy atom. The molecule has 0 saturated carbocycles. The Kier molecular flexibility index (Phi) is 6.12. The molecule has 7 heteroatoms. The molecule has 0 aliphatic carbocycles. The van der Waals surface area contributed by atoms with Gasteiger partial charge >= 0.3 is 0 Å². The van der Waals surface area contributed by atoms with Crippen LogP contribution < -0.4 is 0 Å². The predicted molar refractivity (Wildman–Crippen MR) is 131 cm³/mol. The van der Waals surface area contributed by atoms with E-state index in [1.807, 2.05) is 24.3 Å². The van der Waals surface area contributed by atoms with E-state index < -0.39 is 0 Å². The second-order valence-electron chi connectivity index (χ2n) is 8.08. The van der Waals surface area contributed by atoms with Crippen LogP contribution in [0.25, 0.3) is 17.0 Å². The Bertz CT molecular complexity index is 1180. The van der Waals surface area contributed by atoms with Crippen molar-refractivity contribution in [3.05, 3.63) is 76.8 Å². The molecule has 164 valence electrons. The minimum Gasteiger partial charge on any atom is -0.395 e. The first-order valence-electron chi connectivity index (χ1n) is 10.9. The maximum absolute atomic E-state index is 12.7. The van der Waals surface area contributed by atoms with Gasteiger partial charge in [0.05, 0.1) is 11.5 Å². The molecular weight excluding hydrogens is 420 g/mol. The van der Waals surface area contributed by atoms with Crippen LogP contribution in [0.15, 0.2) is 70.7 Å². The van der Waals surface area contributed by atoms with E-state index in [0.29, 0.717) is 11.4 Å². The number of aliphatic hydroxyl groups excluding tert-OH is 1. The second kappa shape index (κ2) is 9.32. The van der Waals surface area contributed by atoms with E-state index in [1.54, 1.807) is 0 Å². The lowest BCUT2D eigenvalue weighted by atomic mass is 10.1. The van der Waals surface area contributed by atoms with Crippen molar-refractivity contribution in [2.24, 2.45) is 4.99 Å². The number of thioether (sulfide) groups is 1. The monoisotopic (exact) mass is 446 g/mol. The van der Waals surface area contributed by atoms with Gasteiger partial charge in [-0.3, -0.25) is 9.69 Å².